The van der Waals surface area contributed by atoms with Crippen LogP contribution in [0.4, 0.5) is 0 Å². The molecule has 128 valence electrons. The van der Waals surface area contributed by atoms with Crippen LogP contribution in [0.5, 0.6) is 0 Å². The van der Waals surface area contributed by atoms with Crippen molar-refractivity contribution in [3.63, 3.8) is 0 Å². The number of esters is 2. The number of aryl methyl sites for hydroxylation is 3. The number of benzene rings is 1. The van der Waals surface area contributed by atoms with Crippen molar-refractivity contribution in [3.05, 3.63) is 34.4 Å². The molecule has 0 bridgehead atoms. The maximum Gasteiger partial charge on any atom is 0.354 e. The Balaban J connectivity index is 3.66. The van der Waals surface area contributed by atoms with Crippen LogP contribution in [0.25, 0.3) is 0 Å². The van der Waals surface area contributed by atoms with Crippen LogP contribution >= 0.6 is 0 Å². The zero-order chi connectivity index (χ0) is 17.6. The molecule has 1 aromatic rings. The highest BCUT2D eigenvalue weighted by Gasteiger charge is 2.51. The third kappa shape index (κ3) is 3.72. The smallest absolute Gasteiger partial charge is 0.354 e. The second kappa shape index (κ2) is 8.11. The fourth-order valence-corrected chi connectivity index (χ4v) is 2.72. The van der Waals surface area contributed by atoms with Crippen LogP contribution in [0.2, 0.25) is 0 Å². The Morgan fingerprint density at radius 3 is 1.65 bits per heavy atom. The first kappa shape index (κ1) is 19.2. The molecule has 0 fully saturated rings. The second-order valence-corrected chi connectivity index (χ2v) is 5.32. The zero-order valence-corrected chi connectivity index (χ0v) is 14.6. The lowest BCUT2D eigenvalue weighted by Crippen LogP contribution is -2.47. The summed E-state index contributed by atoms with van der Waals surface area (Å²) >= 11 is 0. The minimum atomic E-state index is -2.43. The van der Waals surface area contributed by atoms with E-state index in [4.69, 9.17) is 9.47 Å². The van der Waals surface area contributed by atoms with Crippen LogP contribution in [0.3, 0.4) is 0 Å². The molecule has 0 saturated heterocycles. The third-order valence-corrected chi connectivity index (χ3v) is 3.71. The van der Waals surface area contributed by atoms with Crippen molar-refractivity contribution in [2.75, 3.05) is 13.2 Å². The largest absolute Gasteiger partial charge is 0.463 e. The molecule has 0 spiro atoms. The number of aliphatic hydroxyl groups is 1. The average Bonchev–Trinajstić information content (AvgIpc) is 2.53. The quantitative estimate of drug-likeness (QED) is 0.616. The Morgan fingerprint density at radius 1 is 0.957 bits per heavy atom. The topological polar surface area (TPSA) is 72.8 Å². The molecule has 0 aliphatic carbocycles. The van der Waals surface area contributed by atoms with Gasteiger partial charge >= 0.3 is 11.9 Å². The van der Waals surface area contributed by atoms with Crippen molar-refractivity contribution in [1.29, 1.82) is 0 Å². The highest BCUT2D eigenvalue weighted by Crippen LogP contribution is 2.33. The number of hydrogen-bond donors (Lipinski definition) is 1. The molecule has 23 heavy (non-hydrogen) atoms. The van der Waals surface area contributed by atoms with Gasteiger partial charge in [0.05, 0.1) is 13.2 Å². The van der Waals surface area contributed by atoms with Crippen LogP contribution in [0, 0.1) is 6.92 Å². The lowest BCUT2D eigenvalue weighted by atomic mass is 9.83. The molecule has 0 heterocycles. The fraction of sp³-hybridized carbons (Fsp3) is 0.556. The summed E-state index contributed by atoms with van der Waals surface area (Å²) < 4.78 is 9.94. The van der Waals surface area contributed by atoms with Gasteiger partial charge in [0.1, 0.15) is 0 Å². The minimum Gasteiger partial charge on any atom is -0.463 e. The number of carbonyl (C=O) groups is 2. The zero-order valence-electron chi connectivity index (χ0n) is 14.6. The molecule has 1 aromatic carbocycles. The van der Waals surface area contributed by atoms with E-state index in [9.17, 15) is 14.7 Å². The molecule has 0 saturated carbocycles. The Morgan fingerprint density at radius 2 is 1.35 bits per heavy atom. The number of ether oxygens (including phenoxy) is 2. The lowest BCUT2D eigenvalue weighted by Gasteiger charge is -2.28. The van der Waals surface area contributed by atoms with E-state index in [2.05, 4.69) is 0 Å². The van der Waals surface area contributed by atoms with Crippen LogP contribution in [-0.2, 0) is 37.5 Å². The van der Waals surface area contributed by atoms with Crippen LogP contribution in [0.15, 0.2) is 12.1 Å². The summed E-state index contributed by atoms with van der Waals surface area (Å²) in [6.07, 6.45) is 1.15. The molecule has 1 N–H and O–H groups in total. The van der Waals surface area contributed by atoms with Gasteiger partial charge in [-0.15, -0.1) is 0 Å². The Labute approximate surface area is 137 Å². The van der Waals surface area contributed by atoms with Crippen LogP contribution < -0.4 is 0 Å². The Hall–Kier alpha value is -1.88. The summed E-state index contributed by atoms with van der Waals surface area (Å²) in [6, 6.07) is 3.75. The van der Waals surface area contributed by atoms with Crippen LogP contribution in [0.1, 0.15) is 49.9 Å². The molecule has 5 heteroatoms. The highest BCUT2D eigenvalue weighted by molar-refractivity contribution is 6.04. The molecule has 0 unspecified atom stereocenters. The van der Waals surface area contributed by atoms with Gasteiger partial charge in [0.2, 0.25) is 0 Å². The summed E-state index contributed by atoms with van der Waals surface area (Å²) in [5.74, 6) is -1.99. The predicted octanol–water partition coefficient (Wildman–Crippen LogP) is 2.43. The van der Waals surface area contributed by atoms with Gasteiger partial charge in [0.15, 0.2) is 0 Å². The maximum atomic E-state index is 12.4. The van der Waals surface area contributed by atoms with E-state index < -0.39 is 17.5 Å². The van der Waals surface area contributed by atoms with E-state index in [1.165, 1.54) is 0 Å². The summed E-state index contributed by atoms with van der Waals surface area (Å²) in [4.78, 5) is 24.9. The van der Waals surface area contributed by atoms with Crippen molar-refractivity contribution in [1.82, 2.24) is 0 Å². The molecule has 5 nitrogen and oxygen atoms in total. The minimum absolute atomic E-state index is 0.0648. The third-order valence-electron chi connectivity index (χ3n) is 3.71. The highest BCUT2D eigenvalue weighted by atomic mass is 16.6. The van der Waals surface area contributed by atoms with Gasteiger partial charge in [-0.2, -0.15) is 0 Å². The second-order valence-electron chi connectivity index (χ2n) is 5.32. The maximum absolute atomic E-state index is 12.4. The van der Waals surface area contributed by atoms with Gasteiger partial charge in [-0.05, 0) is 44.7 Å². The van der Waals surface area contributed by atoms with Crippen LogP contribution in [-0.4, -0.2) is 30.3 Å². The average molecular weight is 322 g/mol. The van der Waals surface area contributed by atoms with Crippen molar-refractivity contribution < 1.29 is 24.2 Å². The van der Waals surface area contributed by atoms with E-state index in [-0.39, 0.29) is 13.2 Å². The summed E-state index contributed by atoms with van der Waals surface area (Å²) in [5, 5.41) is 11.0. The van der Waals surface area contributed by atoms with Crippen molar-refractivity contribution in [3.8, 4) is 0 Å². The number of hydrogen-bond acceptors (Lipinski definition) is 5. The molecular weight excluding hydrogens is 296 g/mol. The standard InChI is InChI=1S/C18H26O5/c1-6-13-10-12(5)11-14(7-2)15(13)18(21,16(19)22-8-3)17(20)23-9-4/h10-11,21H,6-9H2,1-5H3. The monoisotopic (exact) mass is 322 g/mol. The van der Waals surface area contributed by atoms with Gasteiger partial charge in [0, 0.05) is 5.56 Å². The van der Waals surface area contributed by atoms with E-state index in [0.29, 0.717) is 18.4 Å². The first-order chi connectivity index (χ1) is 10.9. The predicted molar refractivity (Wildman–Crippen MR) is 87.1 cm³/mol. The molecule has 0 aliphatic heterocycles. The Bertz CT molecular complexity index is 534. The first-order valence-corrected chi connectivity index (χ1v) is 8.06. The van der Waals surface area contributed by atoms with Crippen molar-refractivity contribution in [2.24, 2.45) is 0 Å². The Kier molecular flexibility index (Phi) is 6.76. The molecule has 0 amide bonds. The lowest BCUT2D eigenvalue weighted by molar-refractivity contribution is -0.185. The molecule has 0 aliphatic rings. The molecule has 0 radical (unpaired) electrons. The molecular formula is C18H26O5. The number of carbonyl (C=O) groups excluding carboxylic acids is 2. The van der Waals surface area contributed by atoms with E-state index in [0.717, 1.165) is 16.7 Å². The van der Waals surface area contributed by atoms with Gasteiger partial charge < -0.3 is 14.6 Å². The molecule has 0 atom stereocenters. The van der Waals surface area contributed by atoms with E-state index >= 15 is 0 Å². The fourth-order valence-electron chi connectivity index (χ4n) is 2.72. The summed E-state index contributed by atoms with van der Waals surface area (Å²) in [6.45, 7) is 9.14. The van der Waals surface area contributed by atoms with Gasteiger partial charge in [-0.1, -0.05) is 31.5 Å². The summed E-state index contributed by atoms with van der Waals surface area (Å²) in [7, 11) is 0. The van der Waals surface area contributed by atoms with Gasteiger partial charge in [-0.3, -0.25) is 0 Å². The number of rotatable bonds is 7. The van der Waals surface area contributed by atoms with Crippen molar-refractivity contribution >= 4 is 11.9 Å². The summed E-state index contributed by atoms with van der Waals surface area (Å²) in [5.41, 5.74) is 0.356. The molecule has 1 rings (SSSR count). The van der Waals surface area contributed by atoms with E-state index in [1.807, 2.05) is 32.9 Å². The van der Waals surface area contributed by atoms with Gasteiger partial charge in [-0.25, -0.2) is 9.59 Å². The van der Waals surface area contributed by atoms with E-state index in [1.54, 1.807) is 13.8 Å². The molecule has 0 aromatic heterocycles. The normalized spacial score (nSPS) is 11.2. The van der Waals surface area contributed by atoms with Crippen molar-refractivity contribution in [2.45, 2.75) is 53.1 Å². The first-order valence-electron chi connectivity index (χ1n) is 8.06. The van der Waals surface area contributed by atoms with Gasteiger partial charge in [0.25, 0.3) is 5.60 Å². The SMILES string of the molecule is CCOC(=O)C(O)(C(=O)OCC)c1c(CC)cc(C)cc1CC.